The largest absolute Gasteiger partial charge is 0.350 e. The van der Waals surface area contributed by atoms with Crippen LogP contribution in [-0.2, 0) is 22.4 Å². The summed E-state index contributed by atoms with van der Waals surface area (Å²) in [6.45, 7) is 8.18. The summed E-state index contributed by atoms with van der Waals surface area (Å²) in [5, 5.41) is 0.705. The van der Waals surface area contributed by atoms with Crippen LogP contribution in [0.2, 0.25) is 0 Å². The van der Waals surface area contributed by atoms with Gasteiger partial charge in [0, 0.05) is 18.9 Å². The van der Waals surface area contributed by atoms with Crippen LogP contribution in [-0.4, -0.2) is 28.6 Å². The van der Waals surface area contributed by atoms with E-state index in [0.29, 0.717) is 11.3 Å². The van der Waals surface area contributed by atoms with Crippen molar-refractivity contribution in [1.82, 2.24) is 9.55 Å². The van der Waals surface area contributed by atoms with Gasteiger partial charge in [0.2, 0.25) is 0 Å². The van der Waals surface area contributed by atoms with Crippen molar-refractivity contribution < 1.29 is 9.47 Å². The summed E-state index contributed by atoms with van der Waals surface area (Å²) in [5.74, 6) is 0.872. The Bertz CT molecular complexity index is 772. The van der Waals surface area contributed by atoms with Gasteiger partial charge in [-0.25, -0.2) is 4.98 Å². The van der Waals surface area contributed by atoms with Gasteiger partial charge in [0.05, 0.1) is 24.1 Å². The number of rotatable bonds is 6. The van der Waals surface area contributed by atoms with Gasteiger partial charge in [-0.05, 0) is 38.8 Å². The van der Waals surface area contributed by atoms with Crippen LogP contribution in [0.1, 0.15) is 45.9 Å². The minimum atomic E-state index is -0.448. The Morgan fingerprint density at radius 2 is 1.92 bits per heavy atom. The van der Waals surface area contributed by atoms with Crippen molar-refractivity contribution in [2.24, 2.45) is 5.92 Å². The number of hydrogen-bond donors (Lipinski definition) is 0. The van der Waals surface area contributed by atoms with Crippen LogP contribution in [0, 0.1) is 5.92 Å². The first-order chi connectivity index (χ1) is 12.0. The van der Waals surface area contributed by atoms with E-state index >= 15 is 0 Å². The van der Waals surface area contributed by atoms with Crippen molar-refractivity contribution in [1.29, 1.82) is 0 Å². The molecule has 1 saturated heterocycles. The van der Waals surface area contributed by atoms with Crippen LogP contribution in [0.3, 0.4) is 0 Å². The predicted molar refractivity (Wildman–Crippen MR) is 98.7 cm³/mol. The zero-order valence-electron chi connectivity index (χ0n) is 15.5. The lowest BCUT2D eigenvalue weighted by Crippen LogP contribution is -2.39. The van der Waals surface area contributed by atoms with Gasteiger partial charge in [0.15, 0.2) is 5.79 Å². The predicted octanol–water partition coefficient (Wildman–Crippen LogP) is 3.53. The second kappa shape index (κ2) is 7.67. The Labute approximate surface area is 149 Å². The third kappa shape index (κ3) is 4.28. The van der Waals surface area contributed by atoms with E-state index in [1.807, 2.05) is 49.6 Å². The minimum absolute atomic E-state index is 0.0773. The van der Waals surface area contributed by atoms with Crippen molar-refractivity contribution in [3.05, 3.63) is 40.4 Å². The maximum atomic E-state index is 12.8. The topological polar surface area (TPSA) is 53.4 Å². The van der Waals surface area contributed by atoms with Crippen LogP contribution in [0.4, 0.5) is 0 Å². The molecule has 0 aliphatic carbocycles. The molecule has 1 aliphatic rings. The highest BCUT2D eigenvalue weighted by Crippen LogP contribution is 2.23. The molecule has 0 unspecified atom stereocenters. The standard InChI is InChI=1S/C20H28N2O3/c1-4-18-21-17-11-6-5-10-16(17)19(23)22(18)12-8-7-9-15-13-24-20(2,3)25-14-15/h5-6,10-11,15H,4,7-9,12-14H2,1-3H3. The van der Waals surface area contributed by atoms with Gasteiger partial charge in [-0.2, -0.15) is 0 Å². The molecular formula is C20H28N2O3. The van der Waals surface area contributed by atoms with Crippen molar-refractivity contribution in [2.75, 3.05) is 13.2 Å². The van der Waals surface area contributed by atoms with Crippen LogP contribution in [0.5, 0.6) is 0 Å². The number of para-hydroxylation sites is 1. The third-order valence-corrected chi connectivity index (χ3v) is 4.83. The monoisotopic (exact) mass is 344 g/mol. The van der Waals surface area contributed by atoms with E-state index in [1.165, 1.54) is 0 Å². The van der Waals surface area contributed by atoms with Crippen LogP contribution < -0.4 is 5.56 Å². The lowest BCUT2D eigenvalue weighted by molar-refractivity contribution is -0.262. The van der Waals surface area contributed by atoms with Gasteiger partial charge < -0.3 is 9.47 Å². The van der Waals surface area contributed by atoms with E-state index in [4.69, 9.17) is 9.47 Å². The fourth-order valence-electron chi connectivity index (χ4n) is 3.31. The van der Waals surface area contributed by atoms with Gasteiger partial charge >= 0.3 is 0 Å². The van der Waals surface area contributed by atoms with Crippen LogP contribution >= 0.6 is 0 Å². The van der Waals surface area contributed by atoms with Gasteiger partial charge in [-0.3, -0.25) is 9.36 Å². The van der Waals surface area contributed by atoms with Gasteiger partial charge in [0.25, 0.3) is 5.56 Å². The lowest BCUT2D eigenvalue weighted by Gasteiger charge is -2.35. The summed E-state index contributed by atoms with van der Waals surface area (Å²) >= 11 is 0. The molecule has 0 saturated carbocycles. The van der Waals surface area contributed by atoms with E-state index in [1.54, 1.807) is 0 Å². The molecule has 0 bridgehead atoms. The Balaban J connectivity index is 1.60. The molecule has 5 heteroatoms. The highest BCUT2D eigenvalue weighted by molar-refractivity contribution is 5.77. The highest BCUT2D eigenvalue weighted by Gasteiger charge is 2.27. The number of ether oxygens (including phenoxy) is 2. The lowest BCUT2D eigenvalue weighted by atomic mass is 10.0. The minimum Gasteiger partial charge on any atom is -0.350 e. The van der Waals surface area contributed by atoms with Crippen molar-refractivity contribution >= 4 is 10.9 Å². The maximum absolute atomic E-state index is 12.8. The molecule has 25 heavy (non-hydrogen) atoms. The van der Waals surface area contributed by atoms with Crippen molar-refractivity contribution in [3.8, 4) is 0 Å². The maximum Gasteiger partial charge on any atom is 0.261 e. The number of benzene rings is 1. The molecule has 0 spiro atoms. The molecule has 1 aromatic heterocycles. The molecule has 5 nitrogen and oxygen atoms in total. The molecule has 0 amide bonds. The fourth-order valence-corrected chi connectivity index (χ4v) is 3.31. The average molecular weight is 344 g/mol. The Hall–Kier alpha value is -1.72. The first kappa shape index (κ1) is 18.1. The van der Waals surface area contributed by atoms with E-state index in [-0.39, 0.29) is 5.56 Å². The normalized spacial score (nSPS) is 17.9. The van der Waals surface area contributed by atoms with Crippen LogP contribution in [0.25, 0.3) is 10.9 Å². The molecule has 0 atom stereocenters. The van der Waals surface area contributed by atoms with Gasteiger partial charge in [0.1, 0.15) is 5.82 Å². The second-order valence-electron chi connectivity index (χ2n) is 7.24. The fraction of sp³-hybridized carbons (Fsp3) is 0.600. The average Bonchev–Trinajstić information content (AvgIpc) is 2.61. The summed E-state index contributed by atoms with van der Waals surface area (Å²) in [6.07, 6.45) is 3.85. The molecule has 1 aliphatic heterocycles. The zero-order chi connectivity index (χ0) is 17.9. The van der Waals surface area contributed by atoms with Crippen molar-refractivity contribution in [3.63, 3.8) is 0 Å². The summed E-state index contributed by atoms with van der Waals surface area (Å²) in [5.41, 5.74) is 0.869. The molecule has 0 N–H and O–H groups in total. The van der Waals surface area contributed by atoms with E-state index in [0.717, 1.165) is 56.8 Å². The summed E-state index contributed by atoms with van der Waals surface area (Å²) in [6, 6.07) is 7.59. The van der Waals surface area contributed by atoms with E-state index < -0.39 is 5.79 Å². The molecule has 1 fully saturated rings. The molecule has 2 aromatic rings. The molecule has 0 radical (unpaired) electrons. The summed E-state index contributed by atoms with van der Waals surface area (Å²) in [7, 11) is 0. The Morgan fingerprint density at radius 3 is 2.64 bits per heavy atom. The number of unbranched alkanes of at least 4 members (excludes halogenated alkanes) is 1. The number of nitrogens with zero attached hydrogens (tertiary/aromatic N) is 2. The number of hydrogen-bond acceptors (Lipinski definition) is 4. The van der Waals surface area contributed by atoms with Gasteiger partial charge in [-0.15, -0.1) is 0 Å². The zero-order valence-corrected chi connectivity index (χ0v) is 15.5. The number of aromatic nitrogens is 2. The molecule has 1 aromatic carbocycles. The molecular weight excluding hydrogens is 316 g/mol. The van der Waals surface area contributed by atoms with E-state index in [9.17, 15) is 4.79 Å². The first-order valence-electron chi connectivity index (χ1n) is 9.26. The first-order valence-corrected chi connectivity index (χ1v) is 9.26. The van der Waals surface area contributed by atoms with Gasteiger partial charge in [-0.1, -0.05) is 25.5 Å². The SMILES string of the molecule is CCc1nc2ccccc2c(=O)n1CCCCC1COC(C)(C)OC1. The van der Waals surface area contributed by atoms with Crippen LogP contribution in [0.15, 0.2) is 29.1 Å². The van der Waals surface area contributed by atoms with E-state index in [2.05, 4.69) is 4.98 Å². The van der Waals surface area contributed by atoms with Crippen molar-refractivity contribution in [2.45, 2.75) is 58.8 Å². The summed E-state index contributed by atoms with van der Waals surface area (Å²) < 4.78 is 13.3. The molecule has 2 heterocycles. The quantitative estimate of drug-likeness (QED) is 0.752. The second-order valence-corrected chi connectivity index (χ2v) is 7.24. The molecule has 136 valence electrons. The number of fused-ring (bicyclic) bond motifs is 1. The Morgan fingerprint density at radius 1 is 1.20 bits per heavy atom. The Kier molecular flexibility index (Phi) is 5.54. The third-order valence-electron chi connectivity index (χ3n) is 4.83. The molecule has 3 rings (SSSR count). The smallest absolute Gasteiger partial charge is 0.261 e. The number of aryl methyl sites for hydroxylation is 1. The summed E-state index contributed by atoms with van der Waals surface area (Å²) in [4.78, 5) is 17.4. The highest BCUT2D eigenvalue weighted by atomic mass is 16.7.